The Kier molecular flexibility index (Phi) is 5.88. The van der Waals surface area contributed by atoms with Crippen molar-refractivity contribution in [3.8, 4) is 5.69 Å². The molecular weight excluding hydrogens is 462 g/mol. The van der Waals surface area contributed by atoms with Crippen molar-refractivity contribution in [1.82, 2.24) is 15.1 Å². The molecule has 2 amide bonds. The number of hydrogen-bond acceptors (Lipinski definition) is 3. The van der Waals surface area contributed by atoms with Crippen LogP contribution < -0.4 is 10.6 Å². The molecule has 0 radical (unpaired) electrons. The zero-order chi connectivity index (χ0) is 25.4. The summed E-state index contributed by atoms with van der Waals surface area (Å²) in [4.78, 5) is 26.5. The molecule has 6 nitrogen and oxygen atoms in total. The number of fused-ring (bicyclic) bond motifs is 1. The second-order valence-electron chi connectivity index (χ2n) is 8.89. The minimum atomic E-state index is -3.00. The summed E-state index contributed by atoms with van der Waals surface area (Å²) in [6, 6.07) is 22.9. The van der Waals surface area contributed by atoms with E-state index in [0.717, 1.165) is 12.6 Å². The van der Waals surface area contributed by atoms with Crippen molar-refractivity contribution in [2.45, 2.75) is 31.7 Å². The molecule has 1 aliphatic rings. The van der Waals surface area contributed by atoms with Gasteiger partial charge in [-0.3, -0.25) is 9.59 Å². The van der Waals surface area contributed by atoms with Gasteiger partial charge in [-0.2, -0.15) is 5.10 Å². The molecule has 0 bridgehead atoms. The summed E-state index contributed by atoms with van der Waals surface area (Å²) >= 11 is 0. The van der Waals surface area contributed by atoms with Gasteiger partial charge < -0.3 is 10.6 Å². The zero-order valence-corrected chi connectivity index (χ0v) is 19.7. The van der Waals surface area contributed by atoms with Crippen molar-refractivity contribution >= 4 is 17.6 Å². The number of hydrogen-bond donors (Lipinski definition) is 2. The molecule has 0 fully saturated rings. The van der Waals surface area contributed by atoms with Gasteiger partial charge in [-0.25, -0.2) is 13.5 Å². The molecule has 2 N–H and O–H groups in total. The Morgan fingerprint density at radius 3 is 2.19 bits per heavy atom. The van der Waals surface area contributed by atoms with Gasteiger partial charge in [0.05, 0.1) is 11.4 Å². The first-order chi connectivity index (χ1) is 17.2. The number of alkyl halides is 2. The van der Waals surface area contributed by atoms with E-state index in [-0.39, 0.29) is 5.56 Å². The van der Waals surface area contributed by atoms with Crippen LogP contribution in [0.4, 0.5) is 14.6 Å². The lowest BCUT2D eigenvalue weighted by Crippen LogP contribution is -2.50. The number of para-hydroxylation sites is 1. The van der Waals surface area contributed by atoms with Gasteiger partial charge in [0.1, 0.15) is 11.9 Å². The van der Waals surface area contributed by atoms with Gasteiger partial charge in [0.25, 0.3) is 11.8 Å². The SMILES string of the molecule is Cc1nn(-c2ccccc2)c2c1[C@H](c1ccc(C(C)(F)F)cc1)[C@@H](NC(=O)c1ccccc1)C(=O)N2. The fraction of sp³-hybridized carbons (Fsp3) is 0.179. The van der Waals surface area contributed by atoms with Crippen molar-refractivity contribution in [3.63, 3.8) is 0 Å². The molecule has 36 heavy (non-hydrogen) atoms. The minimum Gasteiger partial charge on any atom is -0.339 e. The molecule has 0 saturated heterocycles. The van der Waals surface area contributed by atoms with Crippen molar-refractivity contribution < 1.29 is 18.4 Å². The number of nitrogens with one attached hydrogen (secondary N) is 2. The molecule has 182 valence electrons. The zero-order valence-electron chi connectivity index (χ0n) is 19.7. The number of carbonyl (C=O) groups excluding carboxylic acids is 2. The number of amides is 2. The van der Waals surface area contributed by atoms with Crippen LogP contribution in [0.5, 0.6) is 0 Å². The summed E-state index contributed by atoms with van der Waals surface area (Å²) in [6.45, 7) is 2.67. The highest BCUT2D eigenvalue weighted by Gasteiger charge is 2.42. The molecular formula is C28H24F2N4O2. The largest absolute Gasteiger partial charge is 0.339 e. The lowest BCUT2D eigenvalue weighted by molar-refractivity contribution is -0.118. The van der Waals surface area contributed by atoms with E-state index in [4.69, 9.17) is 0 Å². The number of rotatable bonds is 5. The van der Waals surface area contributed by atoms with Crippen LogP contribution >= 0.6 is 0 Å². The highest BCUT2D eigenvalue weighted by Crippen LogP contribution is 2.41. The molecule has 4 aromatic rings. The van der Waals surface area contributed by atoms with Crippen LogP contribution in [-0.2, 0) is 10.7 Å². The van der Waals surface area contributed by atoms with Crippen LogP contribution in [0.15, 0.2) is 84.9 Å². The Bertz CT molecular complexity index is 1410. The Morgan fingerprint density at radius 1 is 0.972 bits per heavy atom. The third-order valence-electron chi connectivity index (χ3n) is 6.38. The standard InChI is InChI=1S/C28H24F2N4O2/c1-17-22-23(18-13-15-20(16-14-18)28(2,29)30)24(31-26(35)19-9-5-3-6-10-19)27(36)32-25(22)34(33-17)21-11-7-4-8-12-21/h3-16,23-24H,1-2H3,(H,31,35)(H,32,36)/t23-,24+/m0/s1. The predicted molar refractivity (Wildman–Crippen MR) is 132 cm³/mol. The fourth-order valence-corrected chi connectivity index (χ4v) is 4.61. The molecule has 3 aromatic carbocycles. The van der Waals surface area contributed by atoms with Crippen LogP contribution in [0.2, 0.25) is 0 Å². The van der Waals surface area contributed by atoms with Crippen LogP contribution in [0.25, 0.3) is 5.69 Å². The van der Waals surface area contributed by atoms with Crippen molar-refractivity contribution in [1.29, 1.82) is 0 Å². The molecule has 2 heterocycles. The molecule has 2 atom stereocenters. The number of aromatic nitrogens is 2. The first kappa shape index (κ1) is 23.4. The number of nitrogens with zero attached hydrogens (tertiary/aromatic N) is 2. The number of aryl methyl sites for hydroxylation is 1. The van der Waals surface area contributed by atoms with E-state index in [0.29, 0.717) is 28.2 Å². The average Bonchev–Trinajstić information content (AvgIpc) is 3.20. The normalized spacial score (nSPS) is 17.3. The van der Waals surface area contributed by atoms with Gasteiger partial charge in [-0.1, -0.05) is 60.7 Å². The maximum atomic E-state index is 13.9. The van der Waals surface area contributed by atoms with Gasteiger partial charge in [0, 0.05) is 29.5 Å². The first-order valence-corrected chi connectivity index (χ1v) is 11.5. The number of anilines is 1. The molecule has 0 unspecified atom stereocenters. The summed E-state index contributed by atoms with van der Waals surface area (Å²) in [5.41, 5.74) is 3.03. The lowest BCUT2D eigenvalue weighted by atomic mass is 9.81. The molecule has 5 rings (SSSR count). The van der Waals surface area contributed by atoms with Crippen molar-refractivity contribution in [3.05, 3.63) is 113 Å². The summed E-state index contributed by atoms with van der Waals surface area (Å²) in [5, 5.41) is 10.4. The highest BCUT2D eigenvalue weighted by molar-refractivity contribution is 6.04. The monoisotopic (exact) mass is 486 g/mol. The number of halogens is 2. The van der Waals surface area contributed by atoms with Crippen molar-refractivity contribution in [2.24, 2.45) is 0 Å². The summed E-state index contributed by atoms with van der Waals surface area (Å²) in [7, 11) is 0. The average molecular weight is 487 g/mol. The molecule has 0 saturated carbocycles. The van der Waals surface area contributed by atoms with Crippen molar-refractivity contribution in [2.75, 3.05) is 5.32 Å². The molecule has 1 aliphatic heterocycles. The molecule has 0 aliphatic carbocycles. The second kappa shape index (κ2) is 9.03. The summed E-state index contributed by atoms with van der Waals surface area (Å²) in [5.74, 6) is -3.97. The van der Waals surface area contributed by atoms with E-state index < -0.39 is 29.7 Å². The Balaban J connectivity index is 1.63. The summed E-state index contributed by atoms with van der Waals surface area (Å²) < 4.78 is 29.4. The third-order valence-corrected chi connectivity index (χ3v) is 6.38. The quantitative estimate of drug-likeness (QED) is 0.408. The van der Waals surface area contributed by atoms with Gasteiger partial charge in [0.2, 0.25) is 5.91 Å². The smallest absolute Gasteiger partial charge is 0.270 e. The predicted octanol–water partition coefficient (Wildman–Crippen LogP) is 5.18. The van der Waals surface area contributed by atoms with Gasteiger partial charge in [-0.05, 0) is 36.8 Å². The van der Waals surface area contributed by atoms with E-state index in [1.54, 1.807) is 47.1 Å². The highest BCUT2D eigenvalue weighted by atomic mass is 19.3. The first-order valence-electron chi connectivity index (χ1n) is 11.5. The second-order valence-corrected chi connectivity index (χ2v) is 8.89. The van der Waals surface area contributed by atoms with Crippen LogP contribution in [0.3, 0.4) is 0 Å². The maximum Gasteiger partial charge on any atom is 0.270 e. The minimum absolute atomic E-state index is 0.131. The van der Waals surface area contributed by atoms with Crippen LogP contribution in [0, 0.1) is 6.92 Å². The Labute approximate surface area is 207 Å². The lowest BCUT2D eigenvalue weighted by Gasteiger charge is -2.33. The van der Waals surface area contributed by atoms with E-state index in [1.165, 1.54) is 12.1 Å². The maximum absolute atomic E-state index is 13.9. The van der Waals surface area contributed by atoms with Gasteiger partial charge >= 0.3 is 0 Å². The topological polar surface area (TPSA) is 76.0 Å². The van der Waals surface area contributed by atoms with E-state index in [9.17, 15) is 18.4 Å². The Morgan fingerprint density at radius 2 is 1.58 bits per heavy atom. The summed E-state index contributed by atoms with van der Waals surface area (Å²) in [6.07, 6.45) is 0. The van der Waals surface area contributed by atoms with Crippen LogP contribution in [-0.4, -0.2) is 27.6 Å². The van der Waals surface area contributed by atoms with Gasteiger partial charge in [0.15, 0.2) is 0 Å². The number of benzene rings is 3. The van der Waals surface area contributed by atoms with E-state index >= 15 is 0 Å². The number of carbonyl (C=O) groups is 2. The van der Waals surface area contributed by atoms with Gasteiger partial charge in [-0.15, -0.1) is 0 Å². The molecule has 8 heteroatoms. The van der Waals surface area contributed by atoms with E-state index in [2.05, 4.69) is 15.7 Å². The van der Waals surface area contributed by atoms with E-state index in [1.807, 2.05) is 37.3 Å². The molecule has 1 aromatic heterocycles. The van der Waals surface area contributed by atoms with Crippen LogP contribution in [0.1, 0.15) is 45.6 Å². The Hall–Kier alpha value is -4.33. The molecule has 0 spiro atoms. The third kappa shape index (κ3) is 4.26. The fourth-order valence-electron chi connectivity index (χ4n) is 4.61.